The molecule has 0 amide bonds. The lowest BCUT2D eigenvalue weighted by Crippen LogP contribution is -2.28. The number of aromatic nitrogens is 3. The number of para-hydroxylation sites is 1. The second-order valence-electron chi connectivity index (χ2n) is 6.79. The van der Waals surface area contributed by atoms with E-state index in [0.717, 1.165) is 35.8 Å². The summed E-state index contributed by atoms with van der Waals surface area (Å²) in [5, 5.41) is 11.7. The van der Waals surface area contributed by atoms with Gasteiger partial charge in [-0.25, -0.2) is 0 Å². The molecular weight excluding hydrogens is 422 g/mol. The van der Waals surface area contributed by atoms with E-state index >= 15 is 0 Å². The van der Waals surface area contributed by atoms with Gasteiger partial charge in [-0.3, -0.25) is 0 Å². The second-order valence-corrected chi connectivity index (χ2v) is 8.93. The molecule has 2 heterocycles. The van der Waals surface area contributed by atoms with Crippen LogP contribution in [-0.4, -0.2) is 52.9 Å². The predicted molar refractivity (Wildman–Crippen MR) is 118 cm³/mol. The van der Waals surface area contributed by atoms with E-state index in [1.54, 1.807) is 12.1 Å². The molecule has 156 valence electrons. The molecule has 3 aromatic rings. The molecule has 0 radical (unpaired) electrons. The van der Waals surface area contributed by atoms with Crippen molar-refractivity contribution >= 4 is 38.7 Å². The molecule has 8 nitrogen and oxygen atoms in total. The lowest BCUT2D eigenvalue weighted by Gasteiger charge is -2.17. The first-order valence-electron chi connectivity index (χ1n) is 9.47. The quantitative estimate of drug-likeness (QED) is 0.582. The Kier molecular flexibility index (Phi) is 5.69. The normalized spacial score (nSPS) is 14.0. The van der Waals surface area contributed by atoms with E-state index in [4.69, 9.17) is 17.0 Å². The monoisotopic (exact) mass is 443 g/mol. The van der Waals surface area contributed by atoms with Gasteiger partial charge >= 0.3 is 0 Å². The fraction of sp³-hybridized carbons (Fsp3) is 0.250. The molecule has 1 aliphatic rings. The number of methoxy groups -OCH3 is 1. The maximum atomic E-state index is 13.1. The van der Waals surface area contributed by atoms with Crippen molar-refractivity contribution in [2.24, 2.45) is 0 Å². The molecule has 0 spiro atoms. The van der Waals surface area contributed by atoms with Gasteiger partial charge in [0.1, 0.15) is 10.7 Å². The third-order valence-electron chi connectivity index (χ3n) is 4.80. The van der Waals surface area contributed by atoms with Crippen LogP contribution < -0.4 is 10.1 Å². The highest BCUT2D eigenvalue weighted by atomic mass is 32.2. The zero-order chi connectivity index (χ0) is 21.1. The van der Waals surface area contributed by atoms with E-state index in [1.807, 2.05) is 35.2 Å². The van der Waals surface area contributed by atoms with Crippen molar-refractivity contribution in [2.75, 3.05) is 25.5 Å². The number of anilines is 2. The summed E-state index contributed by atoms with van der Waals surface area (Å²) >= 11 is 5.63. The fourth-order valence-corrected chi connectivity index (χ4v) is 4.56. The van der Waals surface area contributed by atoms with Gasteiger partial charge in [-0.1, -0.05) is 34.6 Å². The molecule has 0 atom stereocenters. The van der Waals surface area contributed by atoms with Crippen LogP contribution in [0, 0.1) is 0 Å². The average Bonchev–Trinajstić information content (AvgIpc) is 3.45. The Morgan fingerprint density at radius 1 is 1.03 bits per heavy atom. The van der Waals surface area contributed by atoms with Crippen LogP contribution >= 0.6 is 12.2 Å². The predicted octanol–water partition coefficient (Wildman–Crippen LogP) is 3.04. The summed E-state index contributed by atoms with van der Waals surface area (Å²) < 4.78 is 32.0. The Hall–Kier alpha value is -2.98. The van der Waals surface area contributed by atoms with Crippen LogP contribution in [-0.2, 0) is 10.0 Å². The van der Waals surface area contributed by atoms with Crippen molar-refractivity contribution in [3.8, 4) is 5.75 Å². The van der Waals surface area contributed by atoms with Crippen molar-refractivity contribution in [3.05, 3.63) is 60.3 Å². The van der Waals surface area contributed by atoms with Crippen LogP contribution in [0.15, 0.2) is 59.5 Å². The van der Waals surface area contributed by atoms with Gasteiger partial charge in [0.05, 0.1) is 12.0 Å². The highest BCUT2D eigenvalue weighted by molar-refractivity contribution is 7.89. The first-order valence-corrected chi connectivity index (χ1v) is 11.3. The van der Waals surface area contributed by atoms with Crippen molar-refractivity contribution in [1.82, 2.24) is 19.3 Å². The lowest BCUT2D eigenvalue weighted by molar-refractivity contribution is 0.414. The third-order valence-corrected chi connectivity index (χ3v) is 6.71. The van der Waals surface area contributed by atoms with E-state index in [0.29, 0.717) is 22.2 Å². The molecule has 30 heavy (non-hydrogen) atoms. The van der Waals surface area contributed by atoms with Gasteiger partial charge in [0.25, 0.3) is 10.0 Å². The molecule has 0 aliphatic carbocycles. The summed E-state index contributed by atoms with van der Waals surface area (Å²) in [6.45, 7) is 1.64. The van der Waals surface area contributed by atoms with Crippen LogP contribution in [0.2, 0.25) is 0 Å². The Labute approximate surface area is 180 Å². The topological polar surface area (TPSA) is 89.3 Å². The van der Waals surface area contributed by atoms with Gasteiger partial charge in [0.2, 0.25) is 0 Å². The van der Waals surface area contributed by atoms with Crippen LogP contribution in [0.4, 0.5) is 11.5 Å². The number of nitrogens with zero attached hydrogens (tertiary/aromatic N) is 4. The molecule has 1 saturated heterocycles. The molecule has 0 saturated carbocycles. The van der Waals surface area contributed by atoms with Crippen LogP contribution in [0.5, 0.6) is 5.75 Å². The zero-order valence-electron chi connectivity index (χ0n) is 16.4. The van der Waals surface area contributed by atoms with E-state index in [1.165, 1.54) is 19.2 Å². The molecule has 10 heteroatoms. The maximum absolute atomic E-state index is 13.1. The zero-order valence-corrected chi connectivity index (χ0v) is 18.0. The van der Waals surface area contributed by atoms with Gasteiger partial charge in [-0.15, -0.1) is 10.2 Å². The van der Waals surface area contributed by atoms with Gasteiger partial charge in [0.15, 0.2) is 11.5 Å². The maximum Gasteiger partial charge on any atom is 0.299 e. The van der Waals surface area contributed by atoms with Crippen LogP contribution in [0.1, 0.15) is 18.5 Å². The number of ether oxygens (including phenoxy) is 1. The van der Waals surface area contributed by atoms with Gasteiger partial charge in [0, 0.05) is 18.8 Å². The number of thiocarbonyl (C=S) groups is 1. The summed E-state index contributed by atoms with van der Waals surface area (Å²) in [6.07, 6.45) is 2.08. The number of hydrogen-bond donors (Lipinski definition) is 1. The van der Waals surface area contributed by atoms with Crippen molar-refractivity contribution < 1.29 is 13.2 Å². The minimum atomic E-state index is -3.99. The Morgan fingerprint density at radius 3 is 2.33 bits per heavy atom. The molecule has 1 fully saturated rings. The molecule has 1 N–H and O–H groups in total. The molecule has 2 aromatic carbocycles. The summed E-state index contributed by atoms with van der Waals surface area (Å²) in [5.41, 5.74) is 1.10. The Bertz CT molecular complexity index is 1140. The van der Waals surface area contributed by atoms with Crippen molar-refractivity contribution in [3.63, 3.8) is 0 Å². The average molecular weight is 444 g/mol. The first-order chi connectivity index (χ1) is 14.5. The molecule has 1 aliphatic heterocycles. The van der Waals surface area contributed by atoms with Crippen molar-refractivity contribution in [2.45, 2.75) is 17.7 Å². The molecule has 0 bridgehead atoms. The van der Waals surface area contributed by atoms with E-state index in [2.05, 4.69) is 15.5 Å². The summed E-state index contributed by atoms with van der Waals surface area (Å²) in [4.78, 5) is 2.57. The van der Waals surface area contributed by atoms with E-state index < -0.39 is 10.0 Å². The fourth-order valence-electron chi connectivity index (χ4n) is 3.19. The van der Waals surface area contributed by atoms with Gasteiger partial charge in [-0.05, 0) is 49.2 Å². The van der Waals surface area contributed by atoms with Gasteiger partial charge < -0.3 is 15.0 Å². The summed E-state index contributed by atoms with van der Waals surface area (Å²) in [5.74, 6) is 0.861. The minimum Gasteiger partial charge on any atom is -0.497 e. The minimum absolute atomic E-state index is 0.0585. The van der Waals surface area contributed by atoms with E-state index in [-0.39, 0.29) is 4.90 Å². The summed E-state index contributed by atoms with van der Waals surface area (Å²) in [7, 11) is -2.47. The second kappa shape index (κ2) is 8.41. The largest absolute Gasteiger partial charge is 0.497 e. The van der Waals surface area contributed by atoms with E-state index in [9.17, 15) is 8.42 Å². The van der Waals surface area contributed by atoms with Crippen molar-refractivity contribution in [1.29, 1.82) is 0 Å². The lowest BCUT2D eigenvalue weighted by atomic mass is 10.3. The number of likely N-dealkylation sites (tertiary alicyclic amines) is 1. The highest BCUT2D eigenvalue weighted by Crippen LogP contribution is 2.24. The SMILES string of the molecule is COc1ccc(S(=O)(=O)n2nc(Nc3ccccc3)c(C(=S)N3CCCC3)n2)cc1. The number of rotatable bonds is 6. The molecule has 1 aromatic heterocycles. The molecule has 0 unspecified atom stereocenters. The first kappa shape index (κ1) is 20.3. The molecular formula is C20H21N5O3S2. The van der Waals surface area contributed by atoms with Gasteiger partial charge in [-0.2, -0.15) is 8.42 Å². The van der Waals surface area contributed by atoms with Crippen LogP contribution in [0.3, 0.4) is 0 Å². The number of hydrogen-bond acceptors (Lipinski definition) is 7. The smallest absolute Gasteiger partial charge is 0.299 e. The number of benzene rings is 2. The Balaban J connectivity index is 1.74. The highest BCUT2D eigenvalue weighted by Gasteiger charge is 2.27. The summed E-state index contributed by atoms with van der Waals surface area (Å²) in [6, 6.07) is 15.4. The standard InChI is InChI=1S/C20H21N5O3S2/c1-28-16-9-11-17(12-10-16)30(26,27)25-22-18(20(29)24-13-5-6-14-24)19(23-25)21-15-7-3-2-4-8-15/h2-4,7-12H,5-6,13-14H2,1H3,(H,21,23). The third kappa shape index (κ3) is 4.01. The Morgan fingerprint density at radius 2 is 1.70 bits per heavy atom. The molecule has 4 rings (SSSR count). The number of nitrogens with one attached hydrogen (secondary N) is 1. The van der Waals surface area contributed by atoms with Crippen LogP contribution in [0.25, 0.3) is 0 Å².